The van der Waals surface area contributed by atoms with E-state index in [9.17, 15) is 18.7 Å². The molecule has 57 heavy (non-hydrogen) atoms. The molecule has 3 N–H and O–H groups in total. The predicted molar refractivity (Wildman–Crippen MR) is 223 cm³/mol. The number of thiophene rings is 1. The van der Waals surface area contributed by atoms with Crippen LogP contribution < -0.4 is 10.5 Å². The molecule has 5 aromatic rings. The van der Waals surface area contributed by atoms with E-state index in [-0.39, 0.29) is 37.8 Å². The minimum atomic E-state index is -0.790. The van der Waals surface area contributed by atoms with E-state index in [4.69, 9.17) is 25.3 Å². The van der Waals surface area contributed by atoms with E-state index in [0.29, 0.717) is 43.2 Å². The van der Waals surface area contributed by atoms with Gasteiger partial charge in [0.15, 0.2) is 0 Å². The van der Waals surface area contributed by atoms with Crippen LogP contribution in [-0.4, -0.2) is 73.2 Å². The predicted octanol–water partition coefficient (Wildman–Crippen LogP) is 8.76. The second kappa shape index (κ2) is 18.3. The normalized spacial score (nSPS) is 18.3. The Morgan fingerprint density at radius 2 is 2.04 bits per heavy atom. The van der Waals surface area contributed by atoms with Crippen molar-refractivity contribution in [2.45, 2.75) is 44.7 Å². The molecule has 0 spiro atoms. The van der Waals surface area contributed by atoms with E-state index >= 15 is 0 Å². The standard InChI is InChI=1S/C35H33F2N7O4S.C7H12S/c1-42-19-21-14-27(31(18-29(21)40-42)48-11-3-2-10-45)33-26-6-13-49-34(26)28-17-24(15-22(37)4-7-36)47-12-5-25(32(28)39-33)30-16-23-20-43(35(38)46)8-9-44(23)41-30;1-8-6-2-3-7-4-5-7/h2-4,6-7,13-19,25,45H,5,8-12,20H2,1H3,(H2,38,46);2,6-7H,3-5H2,1H3/b3-2+,7-4+,22-15+,24-17-;6-2+. The van der Waals surface area contributed by atoms with E-state index in [1.54, 1.807) is 39.6 Å². The number of nitrogens with zero attached hydrogens (tertiary/aromatic N) is 6. The minimum Gasteiger partial charge on any atom is -0.493 e. The summed E-state index contributed by atoms with van der Waals surface area (Å²) in [6.45, 7) is 1.64. The van der Waals surface area contributed by atoms with Gasteiger partial charge in [0, 0.05) is 70.5 Å². The molecule has 2 aliphatic heterocycles. The number of aliphatic hydroxyl groups excluding tert-OH is 1. The van der Waals surface area contributed by atoms with Crippen LogP contribution in [0.15, 0.2) is 89.5 Å². The van der Waals surface area contributed by atoms with Crippen molar-refractivity contribution in [3.63, 3.8) is 0 Å². The van der Waals surface area contributed by atoms with E-state index in [0.717, 1.165) is 61.6 Å². The fourth-order valence-corrected chi connectivity index (χ4v) is 8.23. The number of fused-ring (bicyclic) bond motifs is 5. The Morgan fingerprint density at radius 1 is 1.18 bits per heavy atom. The number of carbonyl (C=O) groups excluding carboxylic acids is 1. The zero-order valence-electron chi connectivity index (χ0n) is 31.8. The van der Waals surface area contributed by atoms with Crippen molar-refractivity contribution in [1.29, 1.82) is 0 Å². The SMILES string of the molecule is CS/C=C/CC1CC1.Cn1cc2cc(-c3nc4c(c5sccc35)/C=C(/C=C(F)\C=C\F)OCCC4c3cc4n(n3)CCN(C(N)=O)C4)c(OC/C=C/CO)cc2n1. The fourth-order valence-electron chi connectivity index (χ4n) is 7.01. The first-order valence-electron chi connectivity index (χ1n) is 18.8. The first kappa shape index (κ1) is 40.0. The summed E-state index contributed by atoms with van der Waals surface area (Å²) < 4.78 is 44.2. The van der Waals surface area contributed by atoms with Gasteiger partial charge in [-0.1, -0.05) is 12.2 Å². The van der Waals surface area contributed by atoms with Gasteiger partial charge >= 0.3 is 6.03 Å². The van der Waals surface area contributed by atoms with E-state index in [2.05, 4.69) is 22.8 Å². The molecule has 1 atom stereocenters. The molecule has 15 heteroatoms. The molecule has 4 aromatic heterocycles. The van der Waals surface area contributed by atoms with E-state index in [1.807, 2.05) is 47.6 Å². The lowest BCUT2D eigenvalue weighted by atomic mass is 9.90. The van der Waals surface area contributed by atoms with Crippen molar-refractivity contribution in [1.82, 2.24) is 29.4 Å². The van der Waals surface area contributed by atoms with Crippen molar-refractivity contribution >= 4 is 56.2 Å². The number of aromatic nitrogens is 5. The van der Waals surface area contributed by atoms with Crippen molar-refractivity contribution in [3.05, 3.63) is 112 Å². The fraction of sp³-hybridized carbons (Fsp3) is 0.333. The molecule has 0 radical (unpaired) electrons. The molecule has 8 rings (SSSR count). The monoisotopic (exact) mass is 813 g/mol. The summed E-state index contributed by atoms with van der Waals surface area (Å²) in [5, 5.41) is 24.7. The van der Waals surface area contributed by atoms with Crippen LogP contribution in [0.4, 0.5) is 13.6 Å². The number of hydrogen-bond donors (Lipinski definition) is 2. The number of hydrogen-bond acceptors (Lipinski definition) is 9. The summed E-state index contributed by atoms with van der Waals surface area (Å²) in [5.74, 6) is 0.733. The molecule has 11 nitrogen and oxygen atoms in total. The largest absolute Gasteiger partial charge is 0.493 e. The number of carbonyl (C=O) groups is 1. The lowest BCUT2D eigenvalue weighted by Gasteiger charge is -2.25. The molecule has 2 amide bonds. The highest BCUT2D eigenvalue weighted by Gasteiger charge is 2.30. The molecule has 6 heterocycles. The van der Waals surface area contributed by atoms with Gasteiger partial charge in [-0.2, -0.15) is 10.2 Å². The van der Waals surface area contributed by atoms with Crippen molar-refractivity contribution in [2.75, 3.05) is 32.6 Å². The summed E-state index contributed by atoms with van der Waals surface area (Å²) in [5.41, 5.74) is 10.9. The van der Waals surface area contributed by atoms with Crippen LogP contribution in [0, 0.1) is 5.92 Å². The molecule has 3 aliphatic rings. The highest BCUT2D eigenvalue weighted by molar-refractivity contribution is 8.01. The Bertz CT molecular complexity index is 2390. The van der Waals surface area contributed by atoms with Gasteiger partial charge in [-0.3, -0.25) is 14.3 Å². The second-order valence-electron chi connectivity index (χ2n) is 14.0. The van der Waals surface area contributed by atoms with Gasteiger partial charge in [0.25, 0.3) is 0 Å². The molecular formula is C42H45F2N7O4S2. The van der Waals surface area contributed by atoms with Crippen LogP contribution in [0.3, 0.4) is 0 Å². The van der Waals surface area contributed by atoms with Crippen LogP contribution in [0.1, 0.15) is 54.2 Å². The van der Waals surface area contributed by atoms with Gasteiger partial charge in [-0.15, -0.1) is 23.1 Å². The van der Waals surface area contributed by atoms with E-state index < -0.39 is 11.9 Å². The quantitative estimate of drug-likeness (QED) is 0.1000. The number of amides is 2. The maximum atomic E-state index is 14.5. The third-order valence-corrected chi connectivity index (χ3v) is 11.3. The van der Waals surface area contributed by atoms with Crippen molar-refractivity contribution < 1.29 is 28.2 Å². The maximum Gasteiger partial charge on any atom is 0.315 e. The molecule has 1 unspecified atom stereocenters. The second-order valence-corrected chi connectivity index (χ2v) is 15.6. The van der Waals surface area contributed by atoms with Crippen molar-refractivity contribution in [3.8, 4) is 17.0 Å². The topological polar surface area (TPSA) is 134 Å². The van der Waals surface area contributed by atoms with Crippen molar-refractivity contribution in [2.24, 2.45) is 18.7 Å². The Hall–Kier alpha value is -5.25. The third-order valence-electron chi connectivity index (χ3n) is 9.93. The number of urea groups is 1. The highest BCUT2D eigenvalue weighted by atomic mass is 32.2. The zero-order valence-corrected chi connectivity index (χ0v) is 33.4. The first-order valence-corrected chi connectivity index (χ1v) is 21.0. The number of thioether (sulfide) groups is 1. The summed E-state index contributed by atoms with van der Waals surface area (Å²) in [4.78, 5) is 18.9. The van der Waals surface area contributed by atoms with Crippen LogP contribution in [0.5, 0.6) is 5.75 Å². The zero-order chi connectivity index (χ0) is 39.9. The number of aliphatic hydroxyl groups is 1. The summed E-state index contributed by atoms with van der Waals surface area (Å²) >= 11 is 3.31. The number of nitrogens with two attached hydrogens (primary N) is 1. The Labute approximate surface area is 337 Å². The number of halogens is 2. The molecule has 0 bridgehead atoms. The van der Waals surface area contributed by atoms with Gasteiger partial charge in [-0.05, 0) is 79.0 Å². The Morgan fingerprint density at radius 3 is 2.81 bits per heavy atom. The molecule has 1 fully saturated rings. The number of pyridine rings is 1. The van der Waals surface area contributed by atoms with Gasteiger partial charge < -0.3 is 25.2 Å². The number of ether oxygens (including phenoxy) is 2. The number of primary amides is 1. The number of benzene rings is 1. The Kier molecular flexibility index (Phi) is 12.9. The minimum absolute atomic E-state index is 0.0980. The third kappa shape index (κ3) is 9.49. The molecule has 1 saturated carbocycles. The van der Waals surface area contributed by atoms with Crippen LogP contribution in [0.25, 0.3) is 38.3 Å². The van der Waals surface area contributed by atoms with Crippen LogP contribution in [-0.2, 0) is 24.9 Å². The number of rotatable bonds is 11. The summed E-state index contributed by atoms with van der Waals surface area (Å²) in [6, 6.07) is 7.38. The highest BCUT2D eigenvalue weighted by Crippen LogP contribution is 2.44. The van der Waals surface area contributed by atoms with Crippen LogP contribution in [0.2, 0.25) is 0 Å². The van der Waals surface area contributed by atoms with Crippen LogP contribution >= 0.6 is 23.1 Å². The number of aryl methyl sites for hydroxylation is 1. The van der Waals surface area contributed by atoms with Gasteiger partial charge in [0.1, 0.15) is 23.9 Å². The van der Waals surface area contributed by atoms with Gasteiger partial charge in [-0.25, -0.2) is 13.6 Å². The maximum absolute atomic E-state index is 14.5. The number of allylic oxidation sites excluding steroid dienone is 4. The lowest BCUT2D eigenvalue weighted by molar-refractivity contribution is 0.190. The molecule has 1 aromatic carbocycles. The average molecular weight is 814 g/mol. The first-order chi connectivity index (χ1) is 27.8. The average Bonchev–Trinajstić information content (AvgIpc) is 3.52. The van der Waals surface area contributed by atoms with Gasteiger partial charge in [0.2, 0.25) is 0 Å². The smallest absolute Gasteiger partial charge is 0.315 e. The molecule has 1 aliphatic carbocycles. The molecule has 0 saturated heterocycles. The molecule has 298 valence electrons. The van der Waals surface area contributed by atoms with E-state index in [1.165, 1.54) is 30.6 Å². The van der Waals surface area contributed by atoms with Gasteiger partial charge in [0.05, 0.1) is 60.9 Å². The lowest BCUT2D eigenvalue weighted by Crippen LogP contribution is -2.41. The summed E-state index contributed by atoms with van der Waals surface area (Å²) in [7, 11) is 1.86. The molecular weight excluding hydrogens is 769 g/mol. The summed E-state index contributed by atoms with van der Waals surface area (Å²) in [6.07, 6.45) is 18.2. The Balaban J connectivity index is 0.000000554.